The number of carbonyl (C=O) groups excluding carboxylic acids is 2. The van der Waals surface area contributed by atoms with Gasteiger partial charge in [0.2, 0.25) is 0 Å². The zero-order valence-electron chi connectivity index (χ0n) is 10.2. The van der Waals surface area contributed by atoms with Crippen molar-refractivity contribution < 1.29 is 18.7 Å². The van der Waals surface area contributed by atoms with E-state index in [1.54, 1.807) is 4.57 Å². The maximum atomic E-state index is 13.2. The van der Waals surface area contributed by atoms with Crippen LogP contribution in [0.3, 0.4) is 0 Å². The summed E-state index contributed by atoms with van der Waals surface area (Å²) in [6, 6.07) is 3.89. The van der Waals surface area contributed by atoms with Gasteiger partial charge in [0.25, 0.3) is 0 Å². The van der Waals surface area contributed by atoms with Crippen LogP contribution >= 0.6 is 0 Å². The van der Waals surface area contributed by atoms with Gasteiger partial charge in [-0.1, -0.05) is 6.07 Å². The molecule has 0 aliphatic rings. The van der Waals surface area contributed by atoms with Crippen molar-refractivity contribution in [2.45, 2.75) is 6.54 Å². The Balaban J connectivity index is 2.33. The Morgan fingerprint density at radius 1 is 1.53 bits per heavy atom. The summed E-state index contributed by atoms with van der Waals surface area (Å²) < 4.78 is 19.4. The second-order valence-corrected chi connectivity index (χ2v) is 3.88. The molecule has 5 nitrogen and oxygen atoms in total. The Hall–Kier alpha value is -2.50. The zero-order valence-corrected chi connectivity index (χ0v) is 10.2. The highest BCUT2D eigenvalue weighted by Crippen LogP contribution is 2.14. The van der Waals surface area contributed by atoms with Crippen LogP contribution in [0.2, 0.25) is 0 Å². The number of esters is 1. The monoisotopic (exact) mass is 262 g/mol. The molecule has 0 aliphatic heterocycles. The van der Waals surface area contributed by atoms with Crippen molar-refractivity contribution in [2.24, 2.45) is 0 Å². The molecule has 6 heteroatoms. The minimum Gasteiger partial charge on any atom is -0.465 e. The topological polar surface area (TPSA) is 61.2 Å². The number of hydrogen-bond acceptors (Lipinski definition) is 4. The Morgan fingerprint density at radius 3 is 2.95 bits per heavy atom. The summed E-state index contributed by atoms with van der Waals surface area (Å²) in [6.45, 7) is 0.297. The number of methoxy groups -OCH3 is 1. The summed E-state index contributed by atoms with van der Waals surface area (Å²) in [5.74, 6) is -1.12. The average Bonchev–Trinajstić information content (AvgIpc) is 2.87. The number of rotatable bonds is 4. The fourth-order valence-corrected chi connectivity index (χ4v) is 1.71. The van der Waals surface area contributed by atoms with E-state index >= 15 is 0 Å². The van der Waals surface area contributed by atoms with Gasteiger partial charge >= 0.3 is 5.97 Å². The van der Waals surface area contributed by atoms with Gasteiger partial charge in [0, 0.05) is 12.7 Å². The van der Waals surface area contributed by atoms with Gasteiger partial charge in [0.15, 0.2) is 6.29 Å². The molecule has 0 N–H and O–H groups in total. The van der Waals surface area contributed by atoms with Crippen LogP contribution in [-0.2, 0) is 11.3 Å². The lowest BCUT2D eigenvalue weighted by Gasteiger charge is -2.08. The van der Waals surface area contributed by atoms with Crippen molar-refractivity contribution in [3.8, 4) is 0 Å². The predicted octanol–water partition coefficient (Wildman–Crippen LogP) is 1.67. The molecule has 19 heavy (non-hydrogen) atoms. The van der Waals surface area contributed by atoms with E-state index in [9.17, 15) is 14.0 Å². The average molecular weight is 262 g/mol. The number of aromatic nitrogens is 2. The number of halogens is 1. The quantitative estimate of drug-likeness (QED) is 0.621. The Kier molecular flexibility index (Phi) is 3.70. The third-order valence-corrected chi connectivity index (χ3v) is 2.60. The normalized spacial score (nSPS) is 10.2. The number of hydrogen-bond donors (Lipinski definition) is 0. The lowest BCUT2D eigenvalue weighted by molar-refractivity contribution is 0.0598. The molecular weight excluding hydrogens is 251 g/mol. The van der Waals surface area contributed by atoms with Crippen LogP contribution in [0.5, 0.6) is 0 Å². The van der Waals surface area contributed by atoms with E-state index in [0.717, 1.165) is 6.07 Å². The number of aldehydes is 1. The van der Waals surface area contributed by atoms with Crippen molar-refractivity contribution in [2.75, 3.05) is 7.11 Å². The van der Waals surface area contributed by atoms with Gasteiger partial charge in [0.05, 0.1) is 19.0 Å². The number of benzene rings is 1. The molecule has 0 bridgehead atoms. The highest BCUT2D eigenvalue weighted by atomic mass is 19.1. The van der Waals surface area contributed by atoms with Gasteiger partial charge in [-0.25, -0.2) is 14.2 Å². The van der Waals surface area contributed by atoms with Crippen molar-refractivity contribution in [1.29, 1.82) is 0 Å². The molecular formula is C13H11FN2O3. The van der Waals surface area contributed by atoms with Crippen LogP contribution in [0.1, 0.15) is 26.4 Å². The number of imidazole rings is 1. The third-order valence-electron chi connectivity index (χ3n) is 2.60. The van der Waals surface area contributed by atoms with Crippen LogP contribution in [0.4, 0.5) is 4.39 Å². The summed E-state index contributed by atoms with van der Waals surface area (Å²) in [5.41, 5.74) is 1.04. The number of nitrogens with zero attached hydrogens (tertiary/aromatic N) is 2. The molecule has 0 fully saturated rings. The van der Waals surface area contributed by atoms with Gasteiger partial charge < -0.3 is 9.30 Å². The summed E-state index contributed by atoms with van der Waals surface area (Å²) in [5, 5.41) is 0. The van der Waals surface area contributed by atoms with E-state index in [0.29, 0.717) is 24.1 Å². The fraction of sp³-hybridized carbons (Fsp3) is 0.154. The van der Waals surface area contributed by atoms with Gasteiger partial charge in [-0.05, 0) is 17.7 Å². The van der Waals surface area contributed by atoms with E-state index in [1.165, 1.54) is 31.8 Å². The summed E-state index contributed by atoms with van der Waals surface area (Å²) in [6.07, 6.45) is 3.63. The highest BCUT2D eigenvalue weighted by Gasteiger charge is 2.13. The fourth-order valence-electron chi connectivity index (χ4n) is 1.71. The molecule has 1 aromatic heterocycles. The molecule has 0 saturated heterocycles. The van der Waals surface area contributed by atoms with Crippen molar-refractivity contribution in [3.05, 3.63) is 53.4 Å². The van der Waals surface area contributed by atoms with E-state index in [4.69, 9.17) is 0 Å². The van der Waals surface area contributed by atoms with Gasteiger partial charge in [-0.3, -0.25) is 4.79 Å². The Bertz CT molecular complexity index is 622. The molecule has 0 amide bonds. The first kappa shape index (κ1) is 12.9. The first-order chi connectivity index (χ1) is 9.13. The van der Waals surface area contributed by atoms with Gasteiger partial charge in [-0.2, -0.15) is 0 Å². The van der Waals surface area contributed by atoms with Crippen molar-refractivity contribution in [3.63, 3.8) is 0 Å². The molecule has 0 radical (unpaired) electrons. The van der Waals surface area contributed by atoms with E-state index < -0.39 is 11.8 Å². The van der Waals surface area contributed by atoms with E-state index in [1.807, 2.05) is 0 Å². The predicted molar refractivity (Wildman–Crippen MR) is 64.5 cm³/mol. The smallest absolute Gasteiger partial charge is 0.338 e. The molecule has 0 atom stereocenters. The minimum atomic E-state index is -0.606. The van der Waals surface area contributed by atoms with Crippen molar-refractivity contribution >= 4 is 12.3 Å². The Morgan fingerprint density at radius 2 is 2.32 bits per heavy atom. The summed E-state index contributed by atoms with van der Waals surface area (Å²) in [7, 11) is 1.23. The maximum Gasteiger partial charge on any atom is 0.338 e. The zero-order chi connectivity index (χ0) is 13.8. The minimum absolute atomic E-state index is 0.156. The second kappa shape index (κ2) is 5.43. The summed E-state index contributed by atoms with van der Waals surface area (Å²) in [4.78, 5) is 26.0. The SMILES string of the molecule is COC(=O)c1cc(F)ccc1Cn1cnc(C=O)c1. The van der Waals surface area contributed by atoms with Crippen molar-refractivity contribution in [1.82, 2.24) is 9.55 Å². The third kappa shape index (κ3) is 2.85. The molecule has 2 aromatic rings. The molecule has 0 saturated carbocycles. The van der Waals surface area contributed by atoms with Crippen LogP contribution in [-0.4, -0.2) is 28.9 Å². The summed E-state index contributed by atoms with van der Waals surface area (Å²) >= 11 is 0. The van der Waals surface area contributed by atoms with Crippen LogP contribution < -0.4 is 0 Å². The lowest BCUT2D eigenvalue weighted by atomic mass is 10.1. The molecule has 0 aliphatic carbocycles. The molecule has 0 unspecified atom stereocenters. The van der Waals surface area contributed by atoms with Crippen LogP contribution in [0, 0.1) is 5.82 Å². The second-order valence-electron chi connectivity index (χ2n) is 3.88. The van der Waals surface area contributed by atoms with E-state index in [2.05, 4.69) is 9.72 Å². The number of ether oxygens (including phenoxy) is 1. The number of carbonyl (C=O) groups is 2. The largest absolute Gasteiger partial charge is 0.465 e. The molecule has 98 valence electrons. The first-order valence-electron chi connectivity index (χ1n) is 5.47. The first-order valence-corrected chi connectivity index (χ1v) is 5.47. The van der Waals surface area contributed by atoms with Gasteiger partial charge in [0.1, 0.15) is 11.5 Å². The van der Waals surface area contributed by atoms with Crippen LogP contribution in [0.15, 0.2) is 30.7 Å². The molecule has 1 aromatic carbocycles. The van der Waals surface area contributed by atoms with Gasteiger partial charge in [-0.15, -0.1) is 0 Å². The molecule has 0 spiro atoms. The van der Waals surface area contributed by atoms with Crippen LogP contribution in [0.25, 0.3) is 0 Å². The maximum absolute atomic E-state index is 13.2. The highest BCUT2D eigenvalue weighted by molar-refractivity contribution is 5.91. The Labute approximate surface area is 108 Å². The molecule has 2 rings (SSSR count). The molecule has 1 heterocycles. The lowest BCUT2D eigenvalue weighted by Crippen LogP contribution is -2.09. The van der Waals surface area contributed by atoms with E-state index in [-0.39, 0.29) is 5.56 Å². The standard InChI is InChI=1S/C13H11FN2O3/c1-19-13(18)12-4-10(14)3-2-9(12)5-16-6-11(7-17)15-8-16/h2-4,6-8H,5H2,1H3.